The van der Waals surface area contributed by atoms with Gasteiger partial charge in [-0.05, 0) is 12.8 Å². The van der Waals surface area contributed by atoms with Crippen LogP contribution < -0.4 is 0 Å². The average molecular weight is 286 g/mol. The standard InChI is InChI=1S/C8H16BrNO3S/c1-13-7-6-10(5-4-9)14(11,12)8-2-3-8/h8H,2-7H2,1H3. The smallest absolute Gasteiger partial charge is 0.217 e. The summed E-state index contributed by atoms with van der Waals surface area (Å²) in [5, 5.41) is 0.543. The minimum Gasteiger partial charge on any atom is -0.383 e. The number of hydrogen-bond acceptors (Lipinski definition) is 3. The minimum absolute atomic E-state index is 0.126. The topological polar surface area (TPSA) is 46.6 Å². The maximum absolute atomic E-state index is 11.8. The Morgan fingerprint density at radius 1 is 1.43 bits per heavy atom. The third-order valence-corrected chi connectivity index (χ3v) is 4.94. The van der Waals surface area contributed by atoms with E-state index in [4.69, 9.17) is 4.74 Å². The molecule has 0 aromatic heterocycles. The molecular weight excluding hydrogens is 270 g/mol. The molecule has 1 fully saturated rings. The fourth-order valence-electron chi connectivity index (χ4n) is 1.23. The lowest BCUT2D eigenvalue weighted by molar-refractivity contribution is 0.180. The molecule has 0 aromatic rings. The van der Waals surface area contributed by atoms with Gasteiger partial charge in [-0.1, -0.05) is 15.9 Å². The van der Waals surface area contributed by atoms with Crippen LogP contribution in [-0.2, 0) is 14.8 Å². The Hall–Kier alpha value is 0.350. The van der Waals surface area contributed by atoms with E-state index in [9.17, 15) is 8.42 Å². The van der Waals surface area contributed by atoms with Crippen LogP contribution in [0.5, 0.6) is 0 Å². The Morgan fingerprint density at radius 2 is 2.07 bits per heavy atom. The molecule has 0 unspecified atom stereocenters. The quantitative estimate of drug-likeness (QED) is 0.651. The van der Waals surface area contributed by atoms with Crippen molar-refractivity contribution in [3.8, 4) is 0 Å². The SMILES string of the molecule is COCCN(CCBr)S(=O)(=O)C1CC1. The molecule has 14 heavy (non-hydrogen) atoms. The number of hydrogen-bond donors (Lipinski definition) is 0. The molecule has 0 spiro atoms. The second-order valence-corrected chi connectivity index (χ2v) is 6.33. The second kappa shape index (κ2) is 5.44. The molecule has 0 saturated heterocycles. The zero-order valence-corrected chi connectivity index (χ0v) is 10.7. The monoisotopic (exact) mass is 285 g/mol. The van der Waals surface area contributed by atoms with Crippen molar-refractivity contribution in [2.24, 2.45) is 0 Å². The molecule has 0 aromatic carbocycles. The Labute approximate surface area is 93.8 Å². The van der Waals surface area contributed by atoms with Crippen molar-refractivity contribution in [1.29, 1.82) is 0 Å². The van der Waals surface area contributed by atoms with Gasteiger partial charge in [0, 0.05) is 25.5 Å². The molecule has 1 aliphatic rings. The normalized spacial score (nSPS) is 17.6. The summed E-state index contributed by atoms with van der Waals surface area (Å²) in [4.78, 5) is 0. The van der Waals surface area contributed by atoms with E-state index in [1.165, 1.54) is 4.31 Å². The van der Waals surface area contributed by atoms with Crippen molar-refractivity contribution in [2.45, 2.75) is 18.1 Å². The highest BCUT2D eigenvalue weighted by atomic mass is 79.9. The first kappa shape index (κ1) is 12.4. The highest BCUT2D eigenvalue weighted by molar-refractivity contribution is 9.09. The first-order valence-corrected chi connectivity index (χ1v) is 7.29. The van der Waals surface area contributed by atoms with Crippen LogP contribution in [-0.4, -0.2) is 50.1 Å². The molecule has 1 rings (SSSR count). The van der Waals surface area contributed by atoms with Crippen LogP contribution in [0.15, 0.2) is 0 Å². The summed E-state index contributed by atoms with van der Waals surface area (Å²) in [6, 6.07) is 0. The summed E-state index contributed by atoms with van der Waals surface area (Å²) in [5.74, 6) is 0. The van der Waals surface area contributed by atoms with E-state index >= 15 is 0 Å². The van der Waals surface area contributed by atoms with E-state index in [0.29, 0.717) is 25.0 Å². The van der Waals surface area contributed by atoms with Crippen molar-refractivity contribution in [3.63, 3.8) is 0 Å². The molecule has 0 bridgehead atoms. The fourth-order valence-corrected chi connectivity index (χ4v) is 3.72. The van der Waals surface area contributed by atoms with Gasteiger partial charge < -0.3 is 4.74 Å². The van der Waals surface area contributed by atoms with Crippen molar-refractivity contribution in [3.05, 3.63) is 0 Å². The predicted octanol–water partition coefficient (Wildman–Crippen LogP) is 0.822. The van der Waals surface area contributed by atoms with E-state index in [-0.39, 0.29) is 5.25 Å². The third kappa shape index (κ3) is 3.18. The molecular formula is C8H16BrNO3S. The number of nitrogens with zero attached hydrogens (tertiary/aromatic N) is 1. The van der Waals surface area contributed by atoms with Gasteiger partial charge in [0.15, 0.2) is 0 Å². The first-order chi connectivity index (χ1) is 6.62. The van der Waals surface area contributed by atoms with Crippen LogP contribution in [0.4, 0.5) is 0 Å². The summed E-state index contributed by atoms with van der Waals surface area (Å²) < 4.78 is 30.1. The molecule has 6 heteroatoms. The zero-order valence-electron chi connectivity index (χ0n) is 8.28. The third-order valence-electron chi connectivity index (χ3n) is 2.18. The van der Waals surface area contributed by atoms with Crippen molar-refractivity contribution in [2.75, 3.05) is 32.1 Å². The van der Waals surface area contributed by atoms with Crippen molar-refractivity contribution in [1.82, 2.24) is 4.31 Å². The van der Waals surface area contributed by atoms with Crippen LogP contribution in [0.3, 0.4) is 0 Å². The molecule has 0 aliphatic heterocycles. The van der Waals surface area contributed by atoms with E-state index in [1.807, 2.05) is 0 Å². The maximum Gasteiger partial charge on any atom is 0.217 e. The van der Waals surface area contributed by atoms with Crippen LogP contribution in [0, 0.1) is 0 Å². The number of sulfonamides is 1. The summed E-state index contributed by atoms with van der Waals surface area (Å²) in [5.41, 5.74) is 0. The van der Waals surface area contributed by atoms with Gasteiger partial charge in [0.2, 0.25) is 10.0 Å². The molecule has 0 N–H and O–H groups in total. The largest absolute Gasteiger partial charge is 0.383 e. The van der Waals surface area contributed by atoms with Crippen molar-refractivity contribution < 1.29 is 13.2 Å². The molecule has 0 amide bonds. The fraction of sp³-hybridized carbons (Fsp3) is 1.00. The average Bonchev–Trinajstić information content (AvgIpc) is 2.94. The summed E-state index contributed by atoms with van der Waals surface area (Å²) in [6.45, 7) is 1.45. The number of ether oxygens (including phenoxy) is 1. The molecule has 1 aliphatic carbocycles. The van der Waals surface area contributed by atoms with Gasteiger partial charge in [-0.2, -0.15) is 4.31 Å². The molecule has 0 heterocycles. The van der Waals surface area contributed by atoms with Gasteiger partial charge in [-0.15, -0.1) is 0 Å². The van der Waals surface area contributed by atoms with E-state index in [1.54, 1.807) is 7.11 Å². The lowest BCUT2D eigenvalue weighted by Crippen LogP contribution is -2.37. The molecule has 0 atom stereocenters. The van der Waals surface area contributed by atoms with E-state index < -0.39 is 10.0 Å². The van der Waals surface area contributed by atoms with E-state index in [0.717, 1.165) is 12.8 Å². The summed E-state index contributed by atoms with van der Waals surface area (Å²) in [6.07, 6.45) is 1.63. The van der Waals surface area contributed by atoms with Gasteiger partial charge in [0.05, 0.1) is 11.9 Å². The number of methoxy groups -OCH3 is 1. The van der Waals surface area contributed by atoms with Crippen LogP contribution in [0.2, 0.25) is 0 Å². The van der Waals surface area contributed by atoms with Gasteiger partial charge in [-0.3, -0.25) is 0 Å². The molecule has 84 valence electrons. The first-order valence-electron chi connectivity index (χ1n) is 4.66. The number of halogens is 1. The lowest BCUT2D eigenvalue weighted by atomic mass is 10.6. The second-order valence-electron chi connectivity index (χ2n) is 3.33. The number of rotatable bonds is 7. The zero-order chi connectivity index (χ0) is 10.6. The highest BCUT2D eigenvalue weighted by Crippen LogP contribution is 2.30. The summed E-state index contributed by atoms with van der Waals surface area (Å²) >= 11 is 3.26. The van der Waals surface area contributed by atoms with Crippen LogP contribution in [0.1, 0.15) is 12.8 Å². The maximum atomic E-state index is 11.8. The van der Waals surface area contributed by atoms with Gasteiger partial charge in [0.25, 0.3) is 0 Å². The summed E-state index contributed by atoms with van der Waals surface area (Å²) in [7, 11) is -1.46. The van der Waals surface area contributed by atoms with Gasteiger partial charge >= 0.3 is 0 Å². The van der Waals surface area contributed by atoms with Crippen molar-refractivity contribution >= 4 is 26.0 Å². The minimum atomic E-state index is -3.04. The Morgan fingerprint density at radius 3 is 2.50 bits per heavy atom. The van der Waals surface area contributed by atoms with Gasteiger partial charge in [-0.25, -0.2) is 8.42 Å². The Kier molecular flexibility index (Phi) is 4.82. The Balaban J connectivity index is 2.55. The van der Waals surface area contributed by atoms with E-state index in [2.05, 4.69) is 15.9 Å². The highest BCUT2D eigenvalue weighted by Gasteiger charge is 2.39. The van der Waals surface area contributed by atoms with Gasteiger partial charge in [0.1, 0.15) is 0 Å². The molecule has 4 nitrogen and oxygen atoms in total. The van der Waals surface area contributed by atoms with Crippen LogP contribution >= 0.6 is 15.9 Å². The lowest BCUT2D eigenvalue weighted by Gasteiger charge is -2.20. The Bertz CT molecular complexity index is 264. The number of alkyl halides is 1. The molecule has 1 saturated carbocycles. The van der Waals surface area contributed by atoms with Crippen LogP contribution in [0.25, 0.3) is 0 Å². The molecule has 0 radical (unpaired) electrons. The predicted molar refractivity (Wildman–Crippen MR) is 59.2 cm³/mol.